The van der Waals surface area contributed by atoms with E-state index >= 15 is 0 Å². The number of nitrogens with zero attached hydrogens (tertiary/aromatic N) is 4. The fourth-order valence-electron chi connectivity index (χ4n) is 3.00. The van der Waals surface area contributed by atoms with E-state index in [1.54, 1.807) is 24.0 Å². The van der Waals surface area contributed by atoms with Crippen LogP contribution >= 0.6 is 0 Å². The van der Waals surface area contributed by atoms with Gasteiger partial charge in [0, 0.05) is 24.9 Å². The van der Waals surface area contributed by atoms with E-state index in [0.717, 1.165) is 6.20 Å². The van der Waals surface area contributed by atoms with Gasteiger partial charge in [0.2, 0.25) is 5.91 Å². The van der Waals surface area contributed by atoms with Gasteiger partial charge < -0.3 is 10.2 Å². The van der Waals surface area contributed by atoms with E-state index in [1.165, 1.54) is 11.1 Å². The van der Waals surface area contributed by atoms with Crippen molar-refractivity contribution in [3.63, 3.8) is 0 Å². The molecule has 0 fully saturated rings. The Labute approximate surface area is 150 Å². The Balaban J connectivity index is 1.97. The minimum Gasteiger partial charge on any atom is -0.323 e. The summed E-state index contributed by atoms with van der Waals surface area (Å²) in [4.78, 5) is 30.8. The number of hydrogen-bond acceptors (Lipinski definition) is 4. The maximum Gasteiger partial charge on any atom is 0.324 e. The molecule has 3 rings (SSSR count). The molecule has 0 aromatic carbocycles. The lowest BCUT2D eigenvalue weighted by molar-refractivity contribution is -0.121. The largest absolute Gasteiger partial charge is 0.324 e. The number of nitrogens with one attached hydrogen (secondary N) is 2. The van der Waals surface area contributed by atoms with Gasteiger partial charge in [0.25, 0.3) is 0 Å². The maximum atomic E-state index is 14.3. The number of pyridine rings is 1. The molecule has 138 valence electrons. The Bertz CT molecular complexity index is 836. The Morgan fingerprint density at radius 3 is 2.92 bits per heavy atom. The zero-order valence-electron chi connectivity index (χ0n) is 14.9. The highest BCUT2D eigenvalue weighted by Crippen LogP contribution is 2.28. The van der Waals surface area contributed by atoms with Gasteiger partial charge in [0.05, 0.1) is 24.6 Å². The van der Waals surface area contributed by atoms with E-state index in [9.17, 15) is 14.0 Å². The third kappa shape index (κ3) is 3.37. The molecule has 1 aliphatic heterocycles. The van der Waals surface area contributed by atoms with Crippen LogP contribution in [0.2, 0.25) is 0 Å². The number of aryl methyl sites for hydroxylation is 1. The molecule has 0 saturated carbocycles. The van der Waals surface area contributed by atoms with Crippen molar-refractivity contribution in [2.75, 3.05) is 10.6 Å². The highest BCUT2D eigenvalue weighted by Gasteiger charge is 2.37. The van der Waals surface area contributed by atoms with E-state index in [-0.39, 0.29) is 29.6 Å². The molecule has 2 atom stereocenters. The van der Waals surface area contributed by atoms with E-state index in [2.05, 4.69) is 20.7 Å². The monoisotopic (exact) mass is 360 g/mol. The third-order valence-corrected chi connectivity index (χ3v) is 4.59. The van der Waals surface area contributed by atoms with Gasteiger partial charge in [-0.25, -0.2) is 9.18 Å². The number of carbonyl (C=O) groups excluding carboxylic acids is 2. The van der Waals surface area contributed by atoms with Crippen molar-refractivity contribution in [1.29, 1.82) is 0 Å². The highest BCUT2D eigenvalue weighted by molar-refractivity contribution is 6.00. The second kappa shape index (κ2) is 7.11. The summed E-state index contributed by atoms with van der Waals surface area (Å²) >= 11 is 0. The van der Waals surface area contributed by atoms with Crippen molar-refractivity contribution in [1.82, 2.24) is 19.7 Å². The number of rotatable bonds is 3. The summed E-state index contributed by atoms with van der Waals surface area (Å²) in [5, 5.41) is 9.49. The molecule has 0 spiro atoms. The molecule has 1 aliphatic rings. The van der Waals surface area contributed by atoms with Crippen LogP contribution in [0, 0.1) is 11.7 Å². The first-order valence-corrected chi connectivity index (χ1v) is 8.41. The van der Waals surface area contributed by atoms with Gasteiger partial charge in [-0.3, -0.25) is 19.8 Å². The quantitative estimate of drug-likeness (QED) is 0.879. The Morgan fingerprint density at radius 2 is 2.27 bits per heavy atom. The predicted octanol–water partition coefficient (Wildman–Crippen LogP) is 2.36. The van der Waals surface area contributed by atoms with Crippen LogP contribution in [0.4, 0.5) is 20.7 Å². The lowest BCUT2D eigenvalue weighted by atomic mass is 9.97. The number of amides is 3. The second-order valence-corrected chi connectivity index (χ2v) is 6.40. The third-order valence-electron chi connectivity index (χ3n) is 4.59. The Kier molecular flexibility index (Phi) is 4.88. The molecule has 2 aromatic rings. The number of halogens is 1. The second-order valence-electron chi connectivity index (χ2n) is 6.40. The molecule has 0 saturated heterocycles. The number of anilines is 2. The number of fused-ring (bicyclic) bond motifs is 1. The molecule has 0 radical (unpaired) electrons. The molecule has 9 heteroatoms. The van der Waals surface area contributed by atoms with E-state index in [0.29, 0.717) is 12.2 Å². The van der Waals surface area contributed by atoms with Crippen LogP contribution in [0.15, 0.2) is 24.7 Å². The minimum atomic E-state index is -0.740. The summed E-state index contributed by atoms with van der Waals surface area (Å²) in [7, 11) is 1.73. The van der Waals surface area contributed by atoms with Crippen LogP contribution in [-0.2, 0) is 18.4 Å². The van der Waals surface area contributed by atoms with Crippen molar-refractivity contribution < 1.29 is 14.0 Å². The highest BCUT2D eigenvalue weighted by atomic mass is 19.1. The lowest BCUT2D eigenvalue weighted by Gasteiger charge is -2.32. The number of hydrogen-bond donors (Lipinski definition) is 2. The normalized spacial score (nSPS) is 17.9. The number of urea groups is 1. The first kappa shape index (κ1) is 17.8. The van der Waals surface area contributed by atoms with Crippen molar-refractivity contribution in [3.8, 4) is 0 Å². The van der Waals surface area contributed by atoms with Crippen LogP contribution in [0.3, 0.4) is 0 Å². The van der Waals surface area contributed by atoms with Gasteiger partial charge in [0.15, 0.2) is 5.82 Å². The van der Waals surface area contributed by atoms with E-state index in [4.69, 9.17) is 0 Å². The fourth-order valence-corrected chi connectivity index (χ4v) is 3.00. The van der Waals surface area contributed by atoms with Crippen LogP contribution in [0.1, 0.15) is 25.8 Å². The zero-order valence-corrected chi connectivity index (χ0v) is 14.9. The van der Waals surface area contributed by atoms with Crippen LogP contribution in [0.5, 0.6) is 0 Å². The molecule has 0 bridgehead atoms. The molecule has 26 heavy (non-hydrogen) atoms. The van der Waals surface area contributed by atoms with Gasteiger partial charge in [-0.15, -0.1) is 0 Å². The molecule has 2 aromatic heterocycles. The summed E-state index contributed by atoms with van der Waals surface area (Å²) in [6.45, 7) is 3.78. The fraction of sp³-hybridized carbons (Fsp3) is 0.412. The summed E-state index contributed by atoms with van der Waals surface area (Å²) in [6, 6.07) is 0.399. The molecule has 2 N–H and O–H groups in total. The first-order valence-electron chi connectivity index (χ1n) is 8.41. The lowest BCUT2D eigenvalue weighted by Crippen LogP contribution is -2.50. The molecule has 3 amide bonds. The van der Waals surface area contributed by atoms with E-state index in [1.807, 2.05) is 13.8 Å². The Morgan fingerprint density at radius 1 is 1.50 bits per heavy atom. The molecule has 0 aliphatic carbocycles. The Hall–Kier alpha value is -2.97. The van der Waals surface area contributed by atoms with Crippen LogP contribution in [0.25, 0.3) is 0 Å². The topological polar surface area (TPSA) is 92.1 Å². The SMILES string of the molecule is CC[C@H](C)[C@H]1C(=O)Nc2cncc(F)c2CN1C(=O)Nc1ccn(C)n1. The smallest absolute Gasteiger partial charge is 0.323 e. The van der Waals surface area contributed by atoms with Crippen molar-refractivity contribution in [2.24, 2.45) is 13.0 Å². The summed E-state index contributed by atoms with van der Waals surface area (Å²) < 4.78 is 15.8. The minimum absolute atomic E-state index is 0.0455. The molecular weight excluding hydrogens is 339 g/mol. The summed E-state index contributed by atoms with van der Waals surface area (Å²) in [5.41, 5.74) is 0.520. The maximum absolute atomic E-state index is 14.3. The number of carbonyl (C=O) groups is 2. The summed E-state index contributed by atoms with van der Waals surface area (Å²) in [6.07, 6.45) is 4.84. The van der Waals surface area contributed by atoms with Crippen molar-refractivity contribution in [2.45, 2.75) is 32.9 Å². The summed E-state index contributed by atoms with van der Waals surface area (Å²) in [5.74, 6) is -0.680. The standard InChI is InChI=1S/C17H21FN6O2/c1-4-10(2)15-16(25)20-13-8-19-7-12(18)11(13)9-24(15)17(26)21-14-5-6-23(3)22-14/h5-8,10,15H,4,9H2,1-3H3,(H,20,25)(H,21,22,26)/t10-,15-/m0/s1. The zero-order chi connectivity index (χ0) is 18.8. The average molecular weight is 360 g/mol. The van der Waals surface area contributed by atoms with Crippen molar-refractivity contribution in [3.05, 3.63) is 36.0 Å². The van der Waals surface area contributed by atoms with Gasteiger partial charge >= 0.3 is 6.03 Å². The van der Waals surface area contributed by atoms with Crippen LogP contribution < -0.4 is 10.6 Å². The van der Waals surface area contributed by atoms with Gasteiger partial charge in [-0.1, -0.05) is 20.3 Å². The van der Waals surface area contributed by atoms with Gasteiger partial charge in [-0.05, 0) is 5.92 Å². The number of aromatic nitrogens is 3. The predicted molar refractivity (Wildman–Crippen MR) is 93.8 cm³/mol. The van der Waals surface area contributed by atoms with Gasteiger partial charge in [-0.2, -0.15) is 5.10 Å². The molecule has 3 heterocycles. The van der Waals surface area contributed by atoms with Crippen LogP contribution in [-0.4, -0.2) is 37.6 Å². The first-order chi connectivity index (χ1) is 12.4. The van der Waals surface area contributed by atoms with Gasteiger partial charge in [0.1, 0.15) is 11.9 Å². The molecular formula is C17H21FN6O2. The molecule has 0 unspecified atom stereocenters. The van der Waals surface area contributed by atoms with Crippen molar-refractivity contribution >= 4 is 23.4 Å². The average Bonchev–Trinajstić information content (AvgIpc) is 2.93. The van der Waals surface area contributed by atoms with E-state index < -0.39 is 17.9 Å². The molecule has 8 nitrogen and oxygen atoms in total.